The van der Waals surface area contributed by atoms with Crippen LogP contribution in [-0.2, 0) is 50.3 Å². The van der Waals surface area contributed by atoms with E-state index in [0.717, 1.165) is 28.3 Å². The number of aldehydes is 1. The normalized spacial score (nSPS) is 13.6. The number of benzene rings is 6. The molecule has 0 radical (unpaired) electrons. The first-order valence-corrected chi connectivity index (χ1v) is 25.8. The molecule has 2 aliphatic heterocycles. The molecule has 2 aliphatic rings. The van der Waals surface area contributed by atoms with Crippen LogP contribution in [0.1, 0.15) is 61.1 Å². The maximum Gasteiger partial charge on any atom is 0.264 e. The van der Waals surface area contributed by atoms with Gasteiger partial charge < -0.3 is 33.2 Å². The summed E-state index contributed by atoms with van der Waals surface area (Å²) in [5.41, 5.74) is 6.22. The Kier molecular flexibility index (Phi) is 13.6. The Bertz CT molecular complexity index is 3710. The summed E-state index contributed by atoms with van der Waals surface area (Å²) in [5, 5.41) is 11.4. The van der Waals surface area contributed by atoms with Gasteiger partial charge in [0.2, 0.25) is 25.4 Å². The van der Waals surface area contributed by atoms with Gasteiger partial charge in [-0.25, -0.2) is 26.3 Å². The lowest BCUT2D eigenvalue weighted by Crippen LogP contribution is -2.35. The third-order valence-electron chi connectivity index (χ3n) is 12.3. The molecule has 0 saturated heterocycles. The van der Waals surface area contributed by atoms with Gasteiger partial charge >= 0.3 is 0 Å². The summed E-state index contributed by atoms with van der Waals surface area (Å²) >= 11 is 13.2. The predicted octanol–water partition coefficient (Wildman–Crippen LogP) is 8.32. The average molecular weight is 1050 g/mol. The fraction of sp³-hybridized carbons (Fsp3) is 0.173. The molecule has 2 aromatic heterocycles. The second kappa shape index (κ2) is 19.7. The number of aliphatic hydroxyl groups is 1. The lowest BCUT2D eigenvalue weighted by molar-refractivity contribution is -0.120. The van der Waals surface area contributed by atoms with Crippen LogP contribution in [0.3, 0.4) is 0 Å². The molecule has 2 unspecified atom stereocenters. The molecule has 0 aliphatic carbocycles. The van der Waals surface area contributed by atoms with Gasteiger partial charge in [-0.3, -0.25) is 14.4 Å². The van der Waals surface area contributed by atoms with Crippen LogP contribution in [0.2, 0.25) is 10.0 Å². The second-order valence-corrected chi connectivity index (χ2v) is 21.4. The molecule has 4 heterocycles. The van der Waals surface area contributed by atoms with E-state index in [1.807, 2.05) is 31.5 Å². The maximum absolute atomic E-state index is 13.8. The minimum Gasteiger partial charge on any atom is -0.454 e. The molecule has 6 aromatic carbocycles. The van der Waals surface area contributed by atoms with Crippen molar-refractivity contribution in [3.8, 4) is 23.0 Å². The van der Waals surface area contributed by atoms with Crippen LogP contribution < -0.4 is 28.4 Å². The number of aryl methyl sites for hydroxylation is 4. The Labute approximate surface area is 423 Å². The van der Waals surface area contributed by atoms with Gasteiger partial charge in [0.25, 0.3) is 20.0 Å². The van der Waals surface area contributed by atoms with Crippen molar-refractivity contribution in [1.29, 1.82) is 0 Å². The zero-order valence-electron chi connectivity index (χ0n) is 38.8. The number of rotatable bonds is 12. The van der Waals surface area contributed by atoms with E-state index in [0.29, 0.717) is 67.3 Å². The van der Waals surface area contributed by atoms with Gasteiger partial charge in [-0.1, -0.05) is 82.9 Å². The first-order chi connectivity index (χ1) is 34.3. The predicted molar refractivity (Wildman–Crippen MR) is 269 cm³/mol. The van der Waals surface area contributed by atoms with Crippen molar-refractivity contribution in [2.24, 2.45) is 14.1 Å². The van der Waals surface area contributed by atoms with Crippen LogP contribution in [0.15, 0.2) is 131 Å². The quantitative estimate of drug-likeness (QED) is 0.0987. The SMILES string of the molecule is Cc1ccc(S(=O)(=O)NC(=O)C(c2cc3c(cc2Cl)OCO3)c2cn(C)c3cc(C=O)ccc23)cc1.Cc1ccc(S(=O)(=O)NC(=O)C(c2cc3c(cc2Cl)OCO3)c2cn(C)c3cc(CO)ccc23)cc1. The summed E-state index contributed by atoms with van der Waals surface area (Å²) in [4.78, 5) is 38.8. The Morgan fingerprint density at radius 2 is 1.00 bits per heavy atom. The lowest BCUT2D eigenvalue weighted by Gasteiger charge is -2.19. The molecular weight excluding hydrogens is 1010 g/mol. The Hall–Kier alpha value is -7.35. The largest absolute Gasteiger partial charge is 0.454 e. The minimum atomic E-state index is -4.17. The number of aromatic nitrogens is 2. The number of halogens is 2. The minimum absolute atomic E-state index is 0.0104. The number of fused-ring (bicyclic) bond motifs is 4. The lowest BCUT2D eigenvalue weighted by atomic mass is 9.90. The van der Waals surface area contributed by atoms with Crippen LogP contribution in [0.5, 0.6) is 23.0 Å². The maximum atomic E-state index is 13.8. The number of hydrogen-bond donors (Lipinski definition) is 3. The number of hydrogen-bond acceptors (Lipinski definition) is 12. The molecule has 0 fully saturated rings. The molecule has 3 N–H and O–H groups in total. The van der Waals surface area contributed by atoms with E-state index < -0.39 is 43.7 Å². The van der Waals surface area contributed by atoms with Gasteiger partial charge in [-0.05, 0) is 90.2 Å². The highest BCUT2D eigenvalue weighted by Gasteiger charge is 2.35. The number of sulfonamides is 2. The second-order valence-electron chi connectivity index (χ2n) is 17.2. The number of carbonyl (C=O) groups excluding carboxylic acids is 3. The summed E-state index contributed by atoms with van der Waals surface area (Å²) in [6.45, 7) is 3.57. The molecule has 72 heavy (non-hydrogen) atoms. The molecule has 370 valence electrons. The summed E-state index contributed by atoms with van der Waals surface area (Å²) in [6, 6.07) is 29.1. The van der Waals surface area contributed by atoms with Crippen molar-refractivity contribution in [2.45, 2.75) is 42.1 Å². The fourth-order valence-electron chi connectivity index (χ4n) is 8.67. The number of aliphatic hydroxyl groups excluding tert-OH is 1. The van der Waals surface area contributed by atoms with Gasteiger partial charge in [0.1, 0.15) is 6.29 Å². The standard InChI is InChI=1S/C26H23ClN2O6S.C26H21ClN2O6S/c2*1-15-3-6-17(7-4-15)36(32,33)28-26(31)25(19-10-23-24(11-21(19)27)35-14-34-23)20-12-29(2)22-9-16(13-30)5-8-18(20)22/h3-12,25,30H,13-14H2,1-2H3,(H,28,31);3-13,25H,14H2,1-2H3,(H,28,31). The summed E-state index contributed by atoms with van der Waals surface area (Å²) < 4.78 is 82.2. The van der Waals surface area contributed by atoms with Gasteiger partial charge in [0.15, 0.2) is 23.0 Å². The number of nitrogens with zero attached hydrogens (tertiary/aromatic N) is 2. The summed E-state index contributed by atoms with van der Waals surface area (Å²) in [6.07, 6.45) is 4.22. The molecule has 2 atom stereocenters. The van der Waals surface area contributed by atoms with E-state index in [4.69, 9.17) is 42.1 Å². The van der Waals surface area contributed by atoms with Crippen LogP contribution >= 0.6 is 23.2 Å². The summed E-state index contributed by atoms with van der Waals surface area (Å²) in [5.74, 6) is -2.06. The highest BCUT2D eigenvalue weighted by Crippen LogP contribution is 2.45. The van der Waals surface area contributed by atoms with Crippen LogP contribution in [0.4, 0.5) is 0 Å². The highest BCUT2D eigenvalue weighted by molar-refractivity contribution is 7.90. The zero-order chi connectivity index (χ0) is 51.2. The molecule has 0 saturated carbocycles. The van der Waals surface area contributed by atoms with Crippen molar-refractivity contribution in [1.82, 2.24) is 18.6 Å². The van der Waals surface area contributed by atoms with Gasteiger partial charge in [-0.15, -0.1) is 0 Å². The van der Waals surface area contributed by atoms with E-state index in [9.17, 15) is 36.3 Å². The molecule has 20 heteroatoms. The topological polar surface area (TPSA) is 211 Å². The number of carbonyl (C=O) groups is 3. The van der Waals surface area contributed by atoms with Crippen LogP contribution in [0, 0.1) is 13.8 Å². The molecule has 10 rings (SSSR count). The van der Waals surface area contributed by atoms with Crippen LogP contribution in [-0.4, -0.2) is 62.8 Å². The first-order valence-electron chi connectivity index (χ1n) is 22.0. The van der Waals surface area contributed by atoms with Gasteiger partial charge in [0, 0.05) is 76.0 Å². The van der Waals surface area contributed by atoms with Crippen molar-refractivity contribution >= 4 is 83.2 Å². The van der Waals surface area contributed by atoms with E-state index >= 15 is 0 Å². The Morgan fingerprint density at radius 3 is 1.42 bits per heavy atom. The van der Waals surface area contributed by atoms with E-state index in [1.54, 1.807) is 103 Å². The van der Waals surface area contributed by atoms with Gasteiger partial charge in [-0.2, -0.15) is 0 Å². The van der Waals surface area contributed by atoms with E-state index in [2.05, 4.69) is 9.44 Å². The number of amides is 2. The Morgan fingerprint density at radius 1 is 0.597 bits per heavy atom. The average Bonchev–Trinajstić information content (AvgIpc) is 4.15. The Balaban J connectivity index is 0.000000178. The molecule has 0 spiro atoms. The van der Waals surface area contributed by atoms with E-state index in [1.165, 1.54) is 24.3 Å². The molecule has 16 nitrogen and oxygen atoms in total. The van der Waals surface area contributed by atoms with Crippen LogP contribution in [0.25, 0.3) is 21.8 Å². The third kappa shape index (κ3) is 9.70. The number of nitrogens with one attached hydrogen (secondary N) is 2. The molecule has 2 amide bonds. The monoisotopic (exact) mass is 1050 g/mol. The van der Waals surface area contributed by atoms with Crippen molar-refractivity contribution in [2.75, 3.05) is 13.6 Å². The van der Waals surface area contributed by atoms with Gasteiger partial charge in [0.05, 0.1) is 28.2 Å². The van der Waals surface area contributed by atoms with Crippen molar-refractivity contribution in [3.05, 3.63) is 176 Å². The number of ether oxygens (including phenoxy) is 4. The van der Waals surface area contributed by atoms with E-state index in [-0.39, 0.29) is 40.0 Å². The third-order valence-corrected chi connectivity index (χ3v) is 15.7. The molecular formula is C52H44Cl2N4O12S2. The summed E-state index contributed by atoms with van der Waals surface area (Å²) in [7, 11) is -4.74. The van der Waals surface area contributed by atoms with Crippen molar-refractivity contribution < 1.29 is 55.3 Å². The fourth-order valence-corrected chi connectivity index (χ4v) is 11.2. The molecule has 0 bridgehead atoms. The highest BCUT2D eigenvalue weighted by atomic mass is 35.5. The smallest absolute Gasteiger partial charge is 0.264 e. The van der Waals surface area contributed by atoms with Crippen molar-refractivity contribution in [3.63, 3.8) is 0 Å². The zero-order valence-corrected chi connectivity index (χ0v) is 42.0. The first kappa shape index (κ1) is 49.6. The molecule has 8 aromatic rings.